The highest BCUT2D eigenvalue weighted by Gasteiger charge is 2.11. The minimum Gasteiger partial charge on any atom is -0.489 e. The second-order valence-corrected chi connectivity index (χ2v) is 6.69. The fourth-order valence-corrected chi connectivity index (χ4v) is 2.90. The van der Waals surface area contributed by atoms with Gasteiger partial charge in [0.05, 0.1) is 11.6 Å². The van der Waals surface area contributed by atoms with Gasteiger partial charge in [-0.1, -0.05) is 30.3 Å². The molecule has 1 amide bonds. The number of hydrogen-bond donors (Lipinski definition) is 1. The Balaban J connectivity index is 1.68. The van der Waals surface area contributed by atoms with Crippen molar-refractivity contribution in [2.75, 3.05) is 5.43 Å². The van der Waals surface area contributed by atoms with Crippen molar-refractivity contribution in [2.45, 2.75) is 20.5 Å². The number of nitriles is 2. The van der Waals surface area contributed by atoms with E-state index in [9.17, 15) is 10.1 Å². The third-order valence-electron chi connectivity index (χ3n) is 4.57. The fraction of sp³-hybridized carbons (Fsp3) is 0.125. The molecule has 3 rings (SSSR count). The SMILES string of the molecule is Cc1ccc(C)n1NC(=O)/C(C#N)=C\c1ccc(OCc2ccccc2C#N)cc1. The van der Waals surface area contributed by atoms with E-state index in [2.05, 4.69) is 11.5 Å². The number of benzene rings is 2. The average molecular weight is 396 g/mol. The molecule has 148 valence electrons. The molecule has 0 atom stereocenters. The van der Waals surface area contributed by atoms with Crippen molar-refractivity contribution in [1.29, 1.82) is 10.5 Å². The molecule has 1 aromatic heterocycles. The van der Waals surface area contributed by atoms with Gasteiger partial charge in [-0.25, -0.2) is 0 Å². The first-order valence-corrected chi connectivity index (χ1v) is 9.31. The lowest BCUT2D eigenvalue weighted by atomic mass is 10.1. The number of hydrogen-bond acceptors (Lipinski definition) is 4. The standard InChI is InChI=1S/C24H20N4O2/c1-17-7-8-18(2)28(17)27-24(29)22(15-26)13-19-9-11-23(12-10-19)30-16-21-6-4-3-5-20(21)14-25/h3-13H,16H2,1-2H3,(H,27,29)/b22-13-. The first-order valence-electron chi connectivity index (χ1n) is 9.31. The minimum atomic E-state index is -0.478. The molecule has 0 bridgehead atoms. The summed E-state index contributed by atoms with van der Waals surface area (Å²) in [6.45, 7) is 4.02. The van der Waals surface area contributed by atoms with Crippen LogP contribution in [0.15, 0.2) is 66.2 Å². The number of aryl methyl sites for hydroxylation is 2. The lowest BCUT2D eigenvalue weighted by Gasteiger charge is -2.10. The molecule has 0 radical (unpaired) electrons. The van der Waals surface area contributed by atoms with Gasteiger partial charge in [0.1, 0.15) is 24.0 Å². The molecule has 3 aromatic rings. The van der Waals surface area contributed by atoms with Gasteiger partial charge in [0, 0.05) is 17.0 Å². The van der Waals surface area contributed by atoms with Gasteiger partial charge >= 0.3 is 0 Å². The largest absolute Gasteiger partial charge is 0.489 e. The van der Waals surface area contributed by atoms with Gasteiger partial charge in [0.25, 0.3) is 5.91 Å². The number of ether oxygens (including phenoxy) is 1. The Hall–Kier alpha value is -4.29. The zero-order chi connectivity index (χ0) is 21.5. The Morgan fingerprint density at radius 1 is 1.03 bits per heavy atom. The molecule has 0 saturated carbocycles. The molecule has 0 fully saturated rings. The molecule has 6 heteroatoms. The van der Waals surface area contributed by atoms with E-state index in [1.165, 1.54) is 6.08 Å². The van der Waals surface area contributed by atoms with E-state index in [4.69, 9.17) is 10.00 Å². The highest BCUT2D eigenvalue weighted by molar-refractivity contribution is 6.06. The fourth-order valence-electron chi connectivity index (χ4n) is 2.90. The third-order valence-corrected chi connectivity index (χ3v) is 4.57. The van der Waals surface area contributed by atoms with Crippen LogP contribution in [0.1, 0.15) is 28.1 Å². The lowest BCUT2D eigenvalue weighted by molar-refractivity contribution is -0.113. The summed E-state index contributed by atoms with van der Waals surface area (Å²) in [5.74, 6) is 0.148. The van der Waals surface area contributed by atoms with E-state index in [0.717, 1.165) is 17.0 Å². The van der Waals surface area contributed by atoms with Gasteiger partial charge in [-0.2, -0.15) is 10.5 Å². The predicted octanol–water partition coefficient (Wildman–Crippen LogP) is 4.23. The number of amides is 1. The van der Waals surface area contributed by atoms with Gasteiger partial charge in [-0.15, -0.1) is 0 Å². The molecule has 30 heavy (non-hydrogen) atoms. The van der Waals surface area contributed by atoms with Crippen LogP contribution in [-0.4, -0.2) is 10.6 Å². The molecule has 1 N–H and O–H groups in total. The Morgan fingerprint density at radius 2 is 1.70 bits per heavy atom. The number of nitrogens with zero attached hydrogens (tertiary/aromatic N) is 3. The zero-order valence-corrected chi connectivity index (χ0v) is 16.7. The van der Waals surface area contributed by atoms with E-state index < -0.39 is 5.91 Å². The summed E-state index contributed by atoms with van der Waals surface area (Å²) < 4.78 is 7.39. The molecular formula is C24H20N4O2. The van der Waals surface area contributed by atoms with Crippen molar-refractivity contribution in [3.8, 4) is 17.9 Å². The number of carbonyl (C=O) groups excluding carboxylic acids is 1. The van der Waals surface area contributed by atoms with Gasteiger partial charge in [-0.3, -0.25) is 14.9 Å². The second-order valence-electron chi connectivity index (χ2n) is 6.69. The van der Waals surface area contributed by atoms with E-state index in [1.54, 1.807) is 35.0 Å². The van der Waals surface area contributed by atoms with E-state index in [1.807, 2.05) is 50.2 Å². The van der Waals surface area contributed by atoms with E-state index in [-0.39, 0.29) is 12.2 Å². The Morgan fingerprint density at radius 3 is 2.33 bits per heavy atom. The highest BCUT2D eigenvalue weighted by Crippen LogP contribution is 2.17. The van der Waals surface area contributed by atoms with Crippen LogP contribution < -0.4 is 10.2 Å². The van der Waals surface area contributed by atoms with Crippen molar-refractivity contribution < 1.29 is 9.53 Å². The average Bonchev–Trinajstić information content (AvgIpc) is 3.09. The molecule has 0 aliphatic carbocycles. The molecule has 2 aromatic carbocycles. The van der Waals surface area contributed by atoms with Crippen LogP contribution in [0.2, 0.25) is 0 Å². The molecular weight excluding hydrogens is 376 g/mol. The molecule has 0 spiro atoms. The molecule has 1 heterocycles. The van der Waals surface area contributed by atoms with Crippen molar-refractivity contribution in [2.24, 2.45) is 0 Å². The highest BCUT2D eigenvalue weighted by atomic mass is 16.5. The van der Waals surface area contributed by atoms with Crippen LogP contribution in [0.3, 0.4) is 0 Å². The summed E-state index contributed by atoms with van der Waals surface area (Å²) in [6, 6.07) is 22.2. The Labute approximate surface area is 175 Å². The maximum Gasteiger partial charge on any atom is 0.280 e. The van der Waals surface area contributed by atoms with Crippen molar-refractivity contribution in [3.63, 3.8) is 0 Å². The molecule has 6 nitrogen and oxygen atoms in total. The van der Waals surface area contributed by atoms with Crippen molar-refractivity contribution in [1.82, 2.24) is 4.68 Å². The smallest absolute Gasteiger partial charge is 0.280 e. The van der Waals surface area contributed by atoms with Gasteiger partial charge < -0.3 is 4.74 Å². The monoisotopic (exact) mass is 396 g/mol. The summed E-state index contributed by atoms with van der Waals surface area (Å²) in [6.07, 6.45) is 1.53. The molecule has 0 unspecified atom stereocenters. The maximum absolute atomic E-state index is 12.5. The quantitative estimate of drug-likeness (QED) is 0.498. The third kappa shape index (κ3) is 4.76. The second kappa shape index (κ2) is 9.27. The number of nitrogens with one attached hydrogen (secondary N) is 1. The Bertz CT molecular complexity index is 1160. The minimum absolute atomic E-state index is 0.000819. The van der Waals surface area contributed by atoms with Gasteiger partial charge in [0.2, 0.25) is 0 Å². The van der Waals surface area contributed by atoms with Crippen LogP contribution in [0, 0.1) is 36.5 Å². The summed E-state index contributed by atoms with van der Waals surface area (Å²) in [7, 11) is 0. The van der Waals surface area contributed by atoms with Crippen LogP contribution >= 0.6 is 0 Å². The summed E-state index contributed by atoms with van der Waals surface area (Å²) in [5.41, 5.74) is 6.56. The molecule has 0 aliphatic rings. The van der Waals surface area contributed by atoms with Crippen LogP contribution in [0.25, 0.3) is 6.08 Å². The number of aromatic nitrogens is 1. The van der Waals surface area contributed by atoms with Gasteiger partial charge in [0.15, 0.2) is 0 Å². The lowest BCUT2D eigenvalue weighted by Crippen LogP contribution is -2.25. The topological polar surface area (TPSA) is 90.8 Å². The summed E-state index contributed by atoms with van der Waals surface area (Å²) >= 11 is 0. The molecule has 0 saturated heterocycles. The first-order chi connectivity index (χ1) is 14.5. The van der Waals surface area contributed by atoms with E-state index >= 15 is 0 Å². The van der Waals surface area contributed by atoms with Crippen molar-refractivity contribution >= 4 is 12.0 Å². The molecule has 0 aliphatic heterocycles. The normalized spacial score (nSPS) is 10.7. The zero-order valence-electron chi connectivity index (χ0n) is 16.7. The van der Waals surface area contributed by atoms with Crippen LogP contribution in [0.4, 0.5) is 0 Å². The van der Waals surface area contributed by atoms with Crippen molar-refractivity contribution in [3.05, 3.63) is 94.3 Å². The summed E-state index contributed by atoms with van der Waals surface area (Å²) in [5, 5.41) is 18.5. The number of carbonyl (C=O) groups is 1. The van der Waals surface area contributed by atoms with E-state index in [0.29, 0.717) is 16.9 Å². The van der Waals surface area contributed by atoms with Crippen LogP contribution in [-0.2, 0) is 11.4 Å². The number of rotatable bonds is 6. The first kappa shape index (κ1) is 20.4. The van der Waals surface area contributed by atoms with Gasteiger partial charge in [-0.05, 0) is 55.8 Å². The van der Waals surface area contributed by atoms with Crippen LogP contribution in [0.5, 0.6) is 5.75 Å². The Kier molecular flexibility index (Phi) is 6.32. The maximum atomic E-state index is 12.5. The summed E-state index contributed by atoms with van der Waals surface area (Å²) in [4.78, 5) is 12.5. The predicted molar refractivity (Wildman–Crippen MR) is 114 cm³/mol.